The van der Waals surface area contributed by atoms with Crippen molar-refractivity contribution in [3.05, 3.63) is 47.7 Å². The zero-order chi connectivity index (χ0) is 20.6. The van der Waals surface area contributed by atoms with E-state index in [2.05, 4.69) is 26.2 Å². The molecule has 1 fully saturated rings. The molecule has 2 heterocycles. The number of ether oxygens (including phenoxy) is 1. The number of terminal acetylenes is 1. The minimum absolute atomic E-state index is 0.0610. The monoisotopic (exact) mass is 409 g/mol. The van der Waals surface area contributed by atoms with Gasteiger partial charge >= 0.3 is 0 Å². The third-order valence-electron chi connectivity index (χ3n) is 4.52. The van der Waals surface area contributed by atoms with Crippen LogP contribution in [0.1, 0.15) is 37.1 Å². The third-order valence-corrected chi connectivity index (χ3v) is 5.44. The van der Waals surface area contributed by atoms with Gasteiger partial charge in [-0.1, -0.05) is 18.1 Å². The van der Waals surface area contributed by atoms with Crippen LogP contribution in [0.3, 0.4) is 0 Å². The van der Waals surface area contributed by atoms with E-state index >= 15 is 0 Å². The van der Waals surface area contributed by atoms with Gasteiger partial charge in [0, 0.05) is 0 Å². The van der Waals surface area contributed by atoms with Crippen LogP contribution < -0.4 is 15.2 Å². The lowest BCUT2D eigenvalue weighted by Gasteiger charge is -2.16. The van der Waals surface area contributed by atoms with Crippen molar-refractivity contribution in [2.75, 3.05) is 5.32 Å². The van der Waals surface area contributed by atoms with Crippen LogP contribution in [-0.4, -0.2) is 29.5 Å². The standard InChI is InChI=1S/C20H19N5O3S/c1-3-14-6-11-17-18(23-14)19(28-15-7-8-15)25-20(24-17)22-12(2)13-4-9-16(10-5-13)29(21,26)27/h1,4-6,9-12,15H,7-8H2,2H3,(H2,21,26,27)(H,22,24,25). The highest BCUT2D eigenvalue weighted by molar-refractivity contribution is 7.89. The largest absolute Gasteiger partial charge is 0.473 e. The van der Waals surface area contributed by atoms with Gasteiger partial charge in [-0.25, -0.2) is 23.5 Å². The fourth-order valence-electron chi connectivity index (χ4n) is 2.78. The highest BCUT2D eigenvalue weighted by atomic mass is 32.2. The molecule has 1 aliphatic rings. The van der Waals surface area contributed by atoms with Crippen molar-refractivity contribution >= 4 is 27.0 Å². The molecular formula is C20H19N5O3S. The van der Waals surface area contributed by atoms with Gasteiger partial charge in [-0.3, -0.25) is 0 Å². The Morgan fingerprint density at radius 1 is 1.17 bits per heavy atom. The minimum atomic E-state index is -3.73. The molecule has 0 saturated heterocycles. The maximum atomic E-state index is 11.4. The first-order valence-corrected chi connectivity index (χ1v) is 10.6. The number of nitrogens with two attached hydrogens (primary N) is 1. The summed E-state index contributed by atoms with van der Waals surface area (Å²) in [6, 6.07) is 9.65. The van der Waals surface area contributed by atoms with Gasteiger partial charge < -0.3 is 10.1 Å². The van der Waals surface area contributed by atoms with Crippen molar-refractivity contribution < 1.29 is 13.2 Å². The van der Waals surface area contributed by atoms with Crippen LogP contribution in [0.2, 0.25) is 0 Å². The van der Waals surface area contributed by atoms with Gasteiger partial charge in [0.1, 0.15) is 11.8 Å². The molecule has 2 aromatic heterocycles. The first-order valence-electron chi connectivity index (χ1n) is 9.05. The lowest BCUT2D eigenvalue weighted by atomic mass is 10.1. The number of anilines is 1. The summed E-state index contributed by atoms with van der Waals surface area (Å²) in [5, 5.41) is 8.37. The molecule has 0 radical (unpaired) electrons. The van der Waals surface area contributed by atoms with Crippen molar-refractivity contribution in [2.45, 2.75) is 36.8 Å². The van der Waals surface area contributed by atoms with Gasteiger partial charge in [-0.05, 0) is 49.6 Å². The minimum Gasteiger partial charge on any atom is -0.473 e. The molecule has 1 aliphatic carbocycles. The van der Waals surface area contributed by atoms with Crippen LogP contribution in [0, 0.1) is 12.3 Å². The predicted molar refractivity (Wildman–Crippen MR) is 109 cm³/mol. The Hall–Kier alpha value is -3.22. The molecule has 3 N–H and O–H groups in total. The number of rotatable bonds is 6. The first kappa shape index (κ1) is 19.1. The summed E-state index contributed by atoms with van der Waals surface area (Å²) < 4.78 is 28.7. The van der Waals surface area contributed by atoms with Gasteiger partial charge in [-0.2, -0.15) is 4.98 Å². The van der Waals surface area contributed by atoms with Crippen LogP contribution in [-0.2, 0) is 10.0 Å². The molecule has 3 aromatic rings. The van der Waals surface area contributed by atoms with E-state index in [4.69, 9.17) is 16.3 Å². The number of aromatic nitrogens is 3. The molecule has 1 atom stereocenters. The SMILES string of the molecule is C#Cc1ccc2nc(NC(C)c3ccc(S(N)(=O)=O)cc3)nc(OC3CC3)c2n1. The van der Waals surface area contributed by atoms with Crippen molar-refractivity contribution in [1.82, 2.24) is 15.0 Å². The zero-order valence-electron chi connectivity index (χ0n) is 15.7. The van der Waals surface area contributed by atoms with Crippen LogP contribution in [0.25, 0.3) is 11.0 Å². The average Bonchev–Trinajstić information content (AvgIpc) is 3.51. The van der Waals surface area contributed by atoms with E-state index in [0.29, 0.717) is 28.6 Å². The second-order valence-electron chi connectivity index (χ2n) is 6.86. The highest BCUT2D eigenvalue weighted by Gasteiger charge is 2.26. The highest BCUT2D eigenvalue weighted by Crippen LogP contribution is 2.31. The number of fused-ring (bicyclic) bond motifs is 1. The van der Waals surface area contributed by atoms with E-state index < -0.39 is 10.0 Å². The number of sulfonamides is 1. The van der Waals surface area contributed by atoms with E-state index in [1.807, 2.05) is 6.92 Å². The van der Waals surface area contributed by atoms with Gasteiger partial charge in [0.15, 0.2) is 5.52 Å². The number of hydrogen-bond acceptors (Lipinski definition) is 7. The van der Waals surface area contributed by atoms with Crippen molar-refractivity contribution in [3.63, 3.8) is 0 Å². The number of pyridine rings is 1. The lowest BCUT2D eigenvalue weighted by Crippen LogP contribution is -2.13. The molecule has 0 bridgehead atoms. The van der Waals surface area contributed by atoms with Crippen LogP contribution >= 0.6 is 0 Å². The Bertz CT molecular complexity index is 1220. The quantitative estimate of drug-likeness (QED) is 0.600. The smallest absolute Gasteiger partial charge is 0.245 e. The van der Waals surface area contributed by atoms with Gasteiger partial charge in [0.25, 0.3) is 0 Å². The molecule has 9 heteroatoms. The van der Waals surface area contributed by atoms with E-state index in [1.54, 1.807) is 24.3 Å². The van der Waals surface area contributed by atoms with Crippen LogP contribution in [0.4, 0.5) is 5.95 Å². The molecule has 0 spiro atoms. The number of nitrogens with one attached hydrogen (secondary N) is 1. The lowest BCUT2D eigenvalue weighted by molar-refractivity contribution is 0.294. The summed E-state index contributed by atoms with van der Waals surface area (Å²) in [6.07, 6.45) is 7.55. The number of nitrogens with zero attached hydrogens (tertiary/aromatic N) is 3. The van der Waals surface area contributed by atoms with E-state index in [0.717, 1.165) is 18.4 Å². The van der Waals surface area contributed by atoms with Gasteiger partial charge in [0.05, 0.1) is 16.5 Å². The number of primary sulfonamides is 1. The van der Waals surface area contributed by atoms with Crippen LogP contribution in [0.15, 0.2) is 41.3 Å². The Kier molecular flexibility index (Phi) is 4.82. The second kappa shape index (κ2) is 7.31. The second-order valence-corrected chi connectivity index (χ2v) is 8.42. The van der Waals surface area contributed by atoms with Crippen molar-refractivity contribution in [3.8, 4) is 18.2 Å². The molecule has 1 saturated carbocycles. The van der Waals surface area contributed by atoms with Crippen LogP contribution in [0.5, 0.6) is 5.88 Å². The molecule has 1 unspecified atom stereocenters. The Morgan fingerprint density at radius 2 is 1.90 bits per heavy atom. The number of hydrogen-bond donors (Lipinski definition) is 2. The van der Waals surface area contributed by atoms with E-state index in [-0.39, 0.29) is 17.0 Å². The van der Waals surface area contributed by atoms with Crippen molar-refractivity contribution in [1.29, 1.82) is 0 Å². The Balaban J connectivity index is 1.64. The fourth-order valence-corrected chi connectivity index (χ4v) is 3.30. The Morgan fingerprint density at radius 3 is 2.52 bits per heavy atom. The van der Waals surface area contributed by atoms with Crippen molar-refractivity contribution in [2.24, 2.45) is 5.14 Å². The maximum Gasteiger partial charge on any atom is 0.245 e. The first-order chi connectivity index (χ1) is 13.8. The molecule has 8 nitrogen and oxygen atoms in total. The Labute approximate surface area is 168 Å². The topological polar surface area (TPSA) is 120 Å². The summed E-state index contributed by atoms with van der Waals surface area (Å²) in [4.78, 5) is 13.5. The fraction of sp³-hybridized carbons (Fsp3) is 0.250. The summed E-state index contributed by atoms with van der Waals surface area (Å²) >= 11 is 0. The van der Waals surface area contributed by atoms with E-state index in [9.17, 15) is 8.42 Å². The number of benzene rings is 1. The molecule has 4 rings (SSSR count). The summed E-state index contributed by atoms with van der Waals surface area (Å²) in [7, 11) is -3.73. The zero-order valence-corrected chi connectivity index (χ0v) is 16.5. The summed E-state index contributed by atoms with van der Waals surface area (Å²) in [5.41, 5.74) is 2.49. The molecule has 29 heavy (non-hydrogen) atoms. The molecule has 148 valence electrons. The molecule has 0 amide bonds. The summed E-state index contributed by atoms with van der Waals surface area (Å²) in [6.45, 7) is 1.92. The average molecular weight is 409 g/mol. The third kappa shape index (κ3) is 4.29. The normalized spacial score (nSPS) is 14.9. The van der Waals surface area contributed by atoms with Gasteiger partial charge in [-0.15, -0.1) is 6.42 Å². The van der Waals surface area contributed by atoms with Gasteiger partial charge in [0.2, 0.25) is 21.9 Å². The van der Waals surface area contributed by atoms with E-state index in [1.165, 1.54) is 12.1 Å². The summed E-state index contributed by atoms with van der Waals surface area (Å²) in [5.74, 6) is 3.29. The predicted octanol–water partition coefficient (Wildman–Crippen LogP) is 2.37. The molecule has 0 aliphatic heterocycles. The molecule has 1 aromatic carbocycles. The molecular weight excluding hydrogens is 390 g/mol. The maximum absolute atomic E-state index is 11.4.